The van der Waals surface area contributed by atoms with E-state index in [2.05, 4.69) is 5.32 Å². The van der Waals surface area contributed by atoms with Gasteiger partial charge in [-0.15, -0.1) is 0 Å². The maximum Gasteiger partial charge on any atom is 0.338 e. The summed E-state index contributed by atoms with van der Waals surface area (Å²) in [6, 6.07) is 10.8. The van der Waals surface area contributed by atoms with Crippen LogP contribution in [0, 0.1) is 0 Å². The molecule has 0 saturated carbocycles. The van der Waals surface area contributed by atoms with Gasteiger partial charge in [0, 0.05) is 12.2 Å². The lowest BCUT2D eigenvalue weighted by Crippen LogP contribution is -2.04. The van der Waals surface area contributed by atoms with E-state index >= 15 is 0 Å². The summed E-state index contributed by atoms with van der Waals surface area (Å²) in [4.78, 5) is 11.7. The molecule has 22 heavy (non-hydrogen) atoms. The van der Waals surface area contributed by atoms with Gasteiger partial charge in [-0.25, -0.2) is 4.79 Å². The van der Waals surface area contributed by atoms with Crippen LogP contribution in [0.15, 0.2) is 36.4 Å². The highest BCUT2D eigenvalue weighted by molar-refractivity contribution is 6.32. The number of nitrogens with one attached hydrogen (secondary N) is 1. The second-order valence-electron chi connectivity index (χ2n) is 4.96. The Hall–Kier alpha value is -2.20. The van der Waals surface area contributed by atoms with Gasteiger partial charge in [0.15, 0.2) is 0 Å². The van der Waals surface area contributed by atoms with Gasteiger partial charge in [0.1, 0.15) is 11.5 Å². The van der Waals surface area contributed by atoms with E-state index in [1.807, 2.05) is 18.2 Å². The lowest BCUT2D eigenvalue weighted by Gasteiger charge is -2.10. The molecule has 4 nitrogen and oxygen atoms in total. The molecule has 0 unspecified atom stereocenters. The summed E-state index contributed by atoms with van der Waals surface area (Å²) in [5, 5.41) is 3.68. The van der Waals surface area contributed by atoms with Crippen molar-refractivity contribution >= 4 is 23.3 Å². The first-order valence-corrected chi connectivity index (χ1v) is 7.56. The Labute approximate surface area is 134 Å². The summed E-state index contributed by atoms with van der Waals surface area (Å²) in [6.45, 7) is 3.05. The van der Waals surface area contributed by atoms with Crippen molar-refractivity contribution in [3.63, 3.8) is 0 Å². The average Bonchev–Trinajstić information content (AvgIpc) is 2.97. The van der Waals surface area contributed by atoms with Crippen LogP contribution in [-0.2, 0) is 11.2 Å². The normalized spacial score (nSPS) is 12.5. The van der Waals surface area contributed by atoms with Crippen molar-refractivity contribution < 1.29 is 14.3 Å². The van der Waals surface area contributed by atoms with Crippen molar-refractivity contribution in [3.05, 3.63) is 52.5 Å². The molecule has 0 saturated heterocycles. The quantitative estimate of drug-likeness (QED) is 0.855. The Bertz CT molecular complexity index is 715. The third-order valence-corrected chi connectivity index (χ3v) is 3.75. The Balaban J connectivity index is 1.79. The molecule has 0 amide bonds. The first-order valence-electron chi connectivity index (χ1n) is 7.18. The molecule has 0 radical (unpaired) electrons. The number of benzene rings is 2. The minimum Gasteiger partial charge on any atom is -0.462 e. The molecule has 1 heterocycles. The van der Waals surface area contributed by atoms with E-state index in [1.54, 1.807) is 25.1 Å². The molecule has 0 aromatic heterocycles. The van der Waals surface area contributed by atoms with Crippen LogP contribution in [0.1, 0.15) is 22.8 Å². The molecule has 0 aliphatic carbocycles. The fraction of sp³-hybridized carbons (Fsp3) is 0.235. The first kappa shape index (κ1) is 14.7. The molecular formula is C17H16ClNO3. The standard InChI is InChI=1S/C17H16ClNO3/c1-2-21-17(20)12-3-6-16(14(18)10-12)22-13-4-5-15-11(9-13)7-8-19-15/h3-6,9-10,19H,2,7-8H2,1H3. The van der Waals surface area contributed by atoms with Gasteiger partial charge in [-0.05, 0) is 55.3 Å². The number of fused-ring (bicyclic) bond motifs is 1. The number of esters is 1. The summed E-state index contributed by atoms with van der Waals surface area (Å²) in [6.07, 6.45) is 0.988. The average molecular weight is 318 g/mol. The molecule has 0 atom stereocenters. The SMILES string of the molecule is CCOC(=O)c1ccc(Oc2ccc3c(c2)CCN3)c(Cl)c1. The number of rotatable bonds is 4. The second-order valence-corrected chi connectivity index (χ2v) is 5.37. The van der Waals surface area contributed by atoms with Crippen LogP contribution in [0.5, 0.6) is 11.5 Å². The zero-order valence-electron chi connectivity index (χ0n) is 12.2. The number of hydrogen-bond acceptors (Lipinski definition) is 4. The van der Waals surface area contributed by atoms with Gasteiger partial charge in [0.25, 0.3) is 0 Å². The Morgan fingerprint density at radius 3 is 2.91 bits per heavy atom. The Morgan fingerprint density at radius 1 is 1.27 bits per heavy atom. The summed E-state index contributed by atoms with van der Waals surface area (Å²) >= 11 is 6.20. The van der Waals surface area contributed by atoms with E-state index in [0.29, 0.717) is 22.9 Å². The maximum absolute atomic E-state index is 11.7. The van der Waals surface area contributed by atoms with Gasteiger partial charge >= 0.3 is 5.97 Å². The van der Waals surface area contributed by atoms with Crippen molar-refractivity contribution in [2.75, 3.05) is 18.5 Å². The van der Waals surface area contributed by atoms with E-state index < -0.39 is 0 Å². The van der Waals surface area contributed by atoms with Gasteiger partial charge in [-0.3, -0.25) is 0 Å². The second kappa shape index (κ2) is 6.28. The zero-order valence-corrected chi connectivity index (χ0v) is 12.9. The summed E-state index contributed by atoms with van der Waals surface area (Å²) in [5.74, 6) is 0.855. The molecule has 0 fully saturated rings. The monoisotopic (exact) mass is 317 g/mol. The summed E-state index contributed by atoms with van der Waals surface area (Å²) in [7, 11) is 0. The molecule has 114 valence electrons. The van der Waals surface area contributed by atoms with Gasteiger partial charge in [-0.2, -0.15) is 0 Å². The zero-order chi connectivity index (χ0) is 15.5. The fourth-order valence-electron chi connectivity index (χ4n) is 2.40. The number of carbonyl (C=O) groups is 1. The van der Waals surface area contributed by atoms with E-state index in [0.717, 1.165) is 24.4 Å². The fourth-order valence-corrected chi connectivity index (χ4v) is 2.62. The van der Waals surface area contributed by atoms with Crippen molar-refractivity contribution in [1.29, 1.82) is 0 Å². The number of anilines is 1. The van der Waals surface area contributed by atoms with E-state index in [-0.39, 0.29) is 5.97 Å². The van der Waals surface area contributed by atoms with Crippen molar-refractivity contribution in [2.45, 2.75) is 13.3 Å². The van der Waals surface area contributed by atoms with E-state index in [4.69, 9.17) is 21.1 Å². The molecule has 1 aliphatic heterocycles. The van der Waals surface area contributed by atoms with E-state index in [9.17, 15) is 4.79 Å². The van der Waals surface area contributed by atoms with Crippen molar-refractivity contribution in [3.8, 4) is 11.5 Å². The van der Waals surface area contributed by atoms with Crippen LogP contribution < -0.4 is 10.1 Å². The summed E-state index contributed by atoms with van der Waals surface area (Å²) < 4.78 is 10.8. The molecule has 0 spiro atoms. The number of carbonyl (C=O) groups excluding carboxylic acids is 1. The van der Waals surface area contributed by atoms with Crippen molar-refractivity contribution in [1.82, 2.24) is 0 Å². The molecule has 3 rings (SSSR count). The lowest BCUT2D eigenvalue weighted by molar-refractivity contribution is 0.0526. The van der Waals surface area contributed by atoms with Crippen LogP contribution >= 0.6 is 11.6 Å². The highest BCUT2D eigenvalue weighted by atomic mass is 35.5. The van der Waals surface area contributed by atoms with Gasteiger partial charge in [0.2, 0.25) is 0 Å². The van der Waals surface area contributed by atoms with Crippen molar-refractivity contribution in [2.24, 2.45) is 0 Å². The lowest BCUT2D eigenvalue weighted by atomic mass is 10.1. The van der Waals surface area contributed by atoms with Crippen LogP contribution in [0.25, 0.3) is 0 Å². The minimum absolute atomic E-state index is 0.331. The minimum atomic E-state index is -0.389. The number of halogens is 1. The van der Waals surface area contributed by atoms with Gasteiger partial charge in [-0.1, -0.05) is 11.6 Å². The van der Waals surface area contributed by atoms with Crippen LogP contribution in [0.2, 0.25) is 5.02 Å². The highest BCUT2D eigenvalue weighted by Crippen LogP contribution is 2.33. The molecular weight excluding hydrogens is 302 g/mol. The Kier molecular flexibility index (Phi) is 4.20. The third kappa shape index (κ3) is 3.02. The van der Waals surface area contributed by atoms with Gasteiger partial charge < -0.3 is 14.8 Å². The van der Waals surface area contributed by atoms with Crippen LogP contribution in [-0.4, -0.2) is 19.1 Å². The smallest absolute Gasteiger partial charge is 0.338 e. The van der Waals surface area contributed by atoms with Gasteiger partial charge in [0.05, 0.1) is 17.2 Å². The van der Waals surface area contributed by atoms with Crippen LogP contribution in [0.4, 0.5) is 5.69 Å². The molecule has 0 bridgehead atoms. The number of hydrogen-bond donors (Lipinski definition) is 1. The predicted molar refractivity (Wildman–Crippen MR) is 86.1 cm³/mol. The van der Waals surface area contributed by atoms with E-state index in [1.165, 1.54) is 5.56 Å². The first-order chi connectivity index (χ1) is 10.7. The third-order valence-electron chi connectivity index (χ3n) is 3.46. The molecule has 5 heteroatoms. The number of ether oxygens (including phenoxy) is 2. The topological polar surface area (TPSA) is 47.6 Å². The van der Waals surface area contributed by atoms with Crippen LogP contribution in [0.3, 0.4) is 0 Å². The maximum atomic E-state index is 11.7. The Morgan fingerprint density at radius 2 is 2.14 bits per heavy atom. The largest absolute Gasteiger partial charge is 0.462 e. The predicted octanol–water partition coefficient (Wildman–Crippen LogP) is 4.28. The molecule has 2 aromatic carbocycles. The highest BCUT2D eigenvalue weighted by Gasteiger charge is 2.13. The molecule has 1 N–H and O–H groups in total. The molecule has 1 aliphatic rings. The molecule has 2 aromatic rings. The summed E-state index contributed by atoms with van der Waals surface area (Å²) in [5.41, 5.74) is 2.80.